The van der Waals surface area contributed by atoms with E-state index in [-0.39, 0.29) is 0 Å². The van der Waals surface area contributed by atoms with Gasteiger partial charge in [-0.2, -0.15) is 0 Å². The lowest BCUT2D eigenvalue weighted by molar-refractivity contribution is 0.210. The van der Waals surface area contributed by atoms with Crippen LogP contribution in [0.25, 0.3) is 0 Å². The van der Waals surface area contributed by atoms with Crippen molar-refractivity contribution in [1.29, 1.82) is 0 Å². The van der Waals surface area contributed by atoms with Crippen molar-refractivity contribution in [2.24, 2.45) is 11.8 Å². The Balaban J connectivity index is 2.21. The molecule has 2 nitrogen and oxygen atoms in total. The first-order chi connectivity index (χ1) is 7.13. The molecule has 0 saturated heterocycles. The molecule has 0 bridgehead atoms. The minimum atomic E-state index is 0.324. The second-order valence-electron chi connectivity index (χ2n) is 5.40. The summed E-state index contributed by atoms with van der Waals surface area (Å²) in [7, 11) is 0. The van der Waals surface area contributed by atoms with E-state index < -0.39 is 0 Å². The third kappa shape index (κ3) is 4.52. The minimum absolute atomic E-state index is 0.324. The van der Waals surface area contributed by atoms with Gasteiger partial charge in [0.25, 0.3) is 0 Å². The van der Waals surface area contributed by atoms with Gasteiger partial charge < -0.3 is 10.4 Å². The molecule has 1 aliphatic rings. The summed E-state index contributed by atoms with van der Waals surface area (Å²) in [5, 5.41) is 12.5. The predicted octanol–water partition coefficient (Wildman–Crippen LogP) is 2.56. The molecule has 1 rings (SSSR count). The number of aliphatic hydroxyl groups excluding tert-OH is 1. The van der Waals surface area contributed by atoms with Gasteiger partial charge >= 0.3 is 0 Å². The summed E-state index contributed by atoms with van der Waals surface area (Å²) in [4.78, 5) is 0. The maximum Gasteiger partial charge on any atom is 0.0431 e. The molecule has 1 aliphatic carbocycles. The zero-order valence-corrected chi connectivity index (χ0v) is 10.5. The van der Waals surface area contributed by atoms with Crippen LogP contribution >= 0.6 is 0 Å². The molecule has 2 heteroatoms. The Bertz CT molecular complexity index is 172. The Hall–Kier alpha value is -0.0800. The number of aliphatic hydroxyl groups is 1. The van der Waals surface area contributed by atoms with E-state index in [0.29, 0.717) is 18.7 Å². The molecule has 0 aromatic carbocycles. The molecule has 1 saturated carbocycles. The Morgan fingerprint density at radius 3 is 2.60 bits per heavy atom. The zero-order valence-electron chi connectivity index (χ0n) is 10.5. The minimum Gasteiger partial charge on any atom is -0.396 e. The summed E-state index contributed by atoms with van der Waals surface area (Å²) in [6, 6.07) is 1.27. The quantitative estimate of drug-likeness (QED) is 0.735. The van der Waals surface area contributed by atoms with Crippen LogP contribution in [0.1, 0.15) is 52.9 Å². The van der Waals surface area contributed by atoms with Gasteiger partial charge in [0.05, 0.1) is 0 Å². The summed E-state index contributed by atoms with van der Waals surface area (Å²) in [5.74, 6) is 1.76. The van der Waals surface area contributed by atoms with Crippen molar-refractivity contribution in [3.63, 3.8) is 0 Å². The first kappa shape index (κ1) is 13.0. The van der Waals surface area contributed by atoms with Gasteiger partial charge in [-0.05, 0) is 50.9 Å². The molecule has 0 unspecified atom stereocenters. The Morgan fingerprint density at radius 1 is 1.27 bits per heavy atom. The molecule has 0 radical (unpaired) electrons. The summed E-state index contributed by atoms with van der Waals surface area (Å²) >= 11 is 0. The highest BCUT2D eigenvalue weighted by Gasteiger charge is 2.24. The van der Waals surface area contributed by atoms with Crippen LogP contribution in [0.2, 0.25) is 0 Å². The van der Waals surface area contributed by atoms with Crippen LogP contribution in [-0.2, 0) is 0 Å². The van der Waals surface area contributed by atoms with Crippen molar-refractivity contribution in [3.05, 3.63) is 0 Å². The topological polar surface area (TPSA) is 32.3 Å². The van der Waals surface area contributed by atoms with E-state index in [0.717, 1.165) is 24.7 Å². The van der Waals surface area contributed by atoms with Gasteiger partial charge in [0.2, 0.25) is 0 Å². The van der Waals surface area contributed by atoms with Crippen LogP contribution in [0.15, 0.2) is 0 Å². The first-order valence-corrected chi connectivity index (χ1v) is 6.50. The summed E-state index contributed by atoms with van der Waals surface area (Å²) < 4.78 is 0. The molecular formula is C13H27NO. The highest BCUT2D eigenvalue weighted by Crippen LogP contribution is 2.29. The number of hydrogen-bond acceptors (Lipinski definition) is 2. The van der Waals surface area contributed by atoms with Crippen LogP contribution in [0.4, 0.5) is 0 Å². The van der Waals surface area contributed by atoms with Crippen LogP contribution in [0, 0.1) is 11.8 Å². The molecule has 0 aromatic rings. The summed E-state index contributed by atoms with van der Waals surface area (Å²) in [6.07, 6.45) is 6.04. The van der Waals surface area contributed by atoms with Gasteiger partial charge in [0.15, 0.2) is 0 Å². The van der Waals surface area contributed by atoms with Crippen LogP contribution in [-0.4, -0.2) is 23.8 Å². The molecule has 0 spiro atoms. The highest BCUT2D eigenvalue weighted by atomic mass is 16.2. The molecule has 4 atom stereocenters. The lowest BCUT2D eigenvalue weighted by atomic mass is 9.79. The van der Waals surface area contributed by atoms with Crippen LogP contribution in [0.5, 0.6) is 0 Å². The van der Waals surface area contributed by atoms with Gasteiger partial charge in [-0.3, -0.25) is 0 Å². The number of rotatable bonds is 5. The van der Waals surface area contributed by atoms with Crippen molar-refractivity contribution < 1.29 is 5.11 Å². The smallest absolute Gasteiger partial charge is 0.0431 e. The van der Waals surface area contributed by atoms with E-state index in [4.69, 9.17) is 5.11 Å². The van der Waals surface area contributed by atoms with Gasteiger partial charge in [-0.1, -0.05) is 13.8 Å². The Labute approximate surface area is 94.5 Å². The average Bonchev–Trinajstić information content (AvgIpc) is 2.20. The molecular weight excluding hydrogens is 186 g/mol. The van der Waals surface area contributed by atoms with E-state index in [9.17, 15) is 0 Å². The maximum atomic E-state index is 8.77. The van der Waals surface area contributed by atoms with Gasteiger partial charge in [-0.15, -0.1) is 0 Å². The monoisotopic (exact) mass is 213 g/mol. The van der Waals surface area contributed by atoms with E-state index in [1.54, 1.807) is 0 Å². The number of hydrogen-bond donors (Lipinski definition) is 2. The maximum absolute atomic E-state index is 8.77. The van der Waals surface area contributed by atoms with E-state index in [2.05, 4.69) is 26.1 Å². The molecule has 15 heavy (non-hydrogen) atoms. The van der Waals surface area contributed by atoms with E-state index in [1.165, 1.54) is 19.3 Å². The molecule has 0 heterocycles. The van der Waals surface area contributed by atoms with Crippen LogP contribution < -0.4 is 5.32 Å². The fourth-order valence-corrected chi connectivity index (χ4v) is 2.58. The SMILES string of the molecule is C[C@H](CCCO)N[C@@H]1CC[C@H](C)[C@@H](C)C1. The van der Waals surface area contributed by atoms with E-state index >= 15 is 0 Å². The molecule has 0 amide bonds. The third-order valence-corrected chi connectivity index (χ3v) is 3.91. The second-order valence-corrected chi connectivity index (χ2v) is 5.40. The predicted molar refractivity (Wildman–Crippen MR) is 64.9 cm³/mol. The molecule has 1 fully saturated rings. The van der Waals surface area contributed by atoms with E-state index in [1.807, 2.05) is 0 Å². The Morgan fingerprint density at radius 2 is 2.00 bits per heavy atom. The standard InChI is InChI=1S/C13H27NO/c1-10-6-7-13(9-11(10)2)14-12(3)5-4-8-15/h10-15H,4-9H2,1-3H3/t10-,11-,12+,13+/m0/s1. The molecule has 2 N–H and O–H groups in total. The Kier molecular flexibility index (Phi) is 5.62. The van der Waals surface area contributed by atoms with Crippen molar-refractivity contribution in [3.8, 4) is 0 Å². The summed E-state index contributed by atoms with van der Waals surface area (Å²) in [6.45, 7) is 7.30. The zero-order chi connectivity index (χ0) is 11.3. The molecule has 90 valence electrons. The largest absolute Gasteiger partial charge is 0.396 e. The first-order valence-electron chi connectivity index (χ1n) is 6.50. The number of nitrogens with one attached hydrogen (secondary N) is 1. The summed E-state index contributed by atoms with van der Waals surface area (Å²) in [5.41, 5.74) is 0. The lowest BCUT2D eigenvalue weighted by Crippen LogP contribution is -2.41. The fraction of sp³-hybridized carbons (Fsp3) is 1.00. The van der Waals surface area contributed by atoms with Gasteiger partial charge in [0.1, 0.15) is 0 Å². The second kappa shape index (κ2) is 6.49. The van der Waals surface area contributed by atoms with Crippen LogP contribution in [0.3, 0.4) is 0 Å². The van der Waals surface area contributed by atoms with Gasteiger partial charge in [0, 0.05) is 18.7 Å². The molecule has 0 aromatic heterocycles. The van der Waals surface area contributed by atoms with Crippen molar-refractivity contribution in [2.75, 3.05) is 6.61 Å². The highest BCUT2D eigenvalue weighted by molar-refractivity contribution is 4.81. The lowest BCUT2D eigenvalue weighted by Gasteiger charge is -2.34. The van der Waals surface area contributed by atoms with Crippen molar-refractivity contribution >= 4 is 0 Å². The molecule has 0 aliphatic heterocycles. The fourth-order valence-electron chi connectivity index (χ4n) is 2.58. The van der Waals surface area contributed by atoms with Crippen molar-refractivity contribution in [1.82, 2.24) is 5.32 Å². The average molecular weight is 213 g/mol. The third-order valence-electron chi connectivity index (χ3n) is 3.91. The van der Waals surface area contributed by atoms with Crippen molar-refractivity contribution in [2.45, 2.75) is 65.0 Å². The normalized spacial score (nSPS) is 34.0. The van der Waals surface area contributed by atoms with Gasteiger partial charge in [-0.25, -0.2) is 0 Å².